The van der Waals surface area contributed by atoms with Crippen molar-refractivity contribution in [3.63, 3.8) is 0 Å². The molecule has 2 aromatic rings. The predicted molar refractivity (Wildman–Crippen MR) is 206 cm³/mol. The quantitative estimate of drug-likeness (QED) is 0.134. The van der Waals surface area contributed by atoms with Crippen LogP contribution in [0.2, 0.25) is 0 Å². The molecule has 0 radical (unpaired) electrons. The summed E-state index contributed by atoms with van der Waals surface area (Å²) in [5, 5.41) is 18.1. The van der Waals surface area contributed by atoms with Gasteiger partial charge in [0.1, 0.15) is 24.2 Å². The zero-order chi connectivity index (χ0) is 37.4. The van der Waals surface area contributed by atoms with Gasteiger partial charge in [0, 0.05) is 12.1 Å². The van der Waals surface area contributed by atoms with Crippen molar-refractivity contribution in [2.45, 2.75) is 107 Å². The Morgan fingerprint density at radius 3 is 1.94 bits per heavy atom. The Kier molecular flexibility index (Phi) is 13.3. The summed E-state index contributed by atoms with van der Waals surface area (Å²) in [6, 6.07) is 14.7. The zero-order valence-corrected chi connectivity index (χ0v) is 31.9. The Bertz CT molecular complexity index is 1590. The minimum atomic E-state index is -0.977. The third-order valence-corrected chi connectivity index (χ3v) is 12.1. The van der Waals surface area contributed by atoms with Crippen LogP contribution in [0.5, 0.6) is 0 Å². The summed E-state index contributed by atoms with van der Waals surface area (Å²) in [5.41, 5.74) is 0.787. The number of carbonyl (C=O) groups is 5. The van der Waals surface area contributed by atoms with E-state index in [9.17, 15) is 24.0 Å². The van der Waals surface area contributed by atoms with Crippen LogP contribution in [-0.2, 0) is 24.0 Å². The van der Waals surface area contributed by atoms with Gasteiger partial charge >= 0.3 is 0 Å². The van der Waals surface area contributed by atoms with E-state index < -0.39 is 29.6 Å². The summed E-state index contributed by atoms with van der Waals surface area (Å²) in [7, 11) is 1.81. The average molecular weight is 750 g/mol. The van der Waals surface area contributed by atoms with E-state index in [0.29, 0.717) is 61.1 Å². The normalized spacial score (nSPS) is 25.7. The lowest BCUT2D eigenvalue weighted by Crippen LogP contribution is -2.58. The van der Waals surface area contributed by atoms with Gasteiger partial charge in [0.15, 0.2) is 0 Å². The lowest BCUT2D eigenvalue weighted by Gasteiger charge is -2.35. The lowest BCUT2D eigenvalue weighted by atomic mass is 9.83. The summed E-state index contributed by atoms with van der Waals surface area (Å²) < 4.78 is 0. The van der Waals surface area contributed by atoms with Gasteiger partial charge in [0.2, 0.25) is 30.0 Å². The number of hydrogen-bond donors (Lipinski definition) is 6. The molecule has 12 nitrogen and oxygen atoms in total. The Labute approximate surface area is 315 Å². The molecule has 1 aliphatic carbocycles. The third-order valence-electron chi connectivity index (χ3n) is 10.4. The number of thioether (sulfide) groups is 1. The Morgan fingerprint density at radius 1 is 0.865 bits per heavy atom. The molecule has 2 saturated heterocycles. The third kappa shape index (κ3) is 9.31. The molecule has 2 heterocycles. The molecule has 5 amide bonds. The summed E-state index contributed by atoms with van der Waals surface area (Å²) in [4.78, 5) is 69.1. The topological polar surface area (TPSA) is 161 Å². The van der Waals surface area contributed by atoms with Gasteiger partial charge in [-0.1, -0.05) is 86.7 Å². The largest absolute Gasteiger partial charge is 0.367 e. The van der Waals surface area contributed by atoms with E-state index in [4.69, 9.17) is 12.2 Å². The molecule has 2 aromatic carbocycles. The molecule has 1 unspecified atom stereocenters. The highest BCUT2D eigenvalue weighted by Gasteiger charge is 2.54. The van der Waals surface area contributed by atoms with Crippen LogP contribution >= 0.6 is 24.0 Å². The number of carbonyl (C=O) groups excluding carboxylic acids is 5. The van der Waals surface area contributed by atoms with Crippen molar-refractivity contribution >= 4 is 59.0 Å². The molecule has 1 saturated carbocycles. The van der Waals surface area contributed by atoms with Crippen LogP contribution in [0.3, 0.4) is 0 Å². The summed E-state index contributed by atoms with van der Waals surface area (Å²) >= 11 is 7.24. The second kappa shape index (κ2) is 17.7. The monoisotopic (exact) mass is 749 g/mol. The molecule has 52 heavy (non-hydrogen) atoms. The molecule has 0 spiro atoms. The molecule has 2 aliphatic heterocycles. The molecule has 3 fully saturated rings. The van der Waals surface area contributed by atoms with Crippen LogP contribution in [-0.4, -0.2) is 88.3 Å². The molecule has 6 atom stereocenters. The highest BCUT2D eigenvalue weighted by atomic mass is 32.2. The van der Waals surface area contributed by atoms with E-state index >= 15 is 0 Å². The van der Waals surface area contributed by atoms with Gasteiger partial charge < -0.3 is 36.8 Å². The number of amides is 5. The van der Waals surface area contributed by atoms with Gasteiger partial charge in [0.05, 0.1) is 16.4 Å². The number of hydrogen-bond acceptors (Lipinski definition) is 8. The van der Waals surface area contributed by atoms with Crippen LogP contribution < -0.4 is 31.9 Å². The van der Waals surface area contributed by atoms with Gasteiger partial charge in [-0.3, -0.25) is 24.0 Å². The van der Waals surface area contributed by atoms with E-state index in [-0.39, 0.29) is 47.1 Å². The first kappa shape index (κ1) is 39.2. The molecule has 3 aliphatic rings. The van der Waals surface area contributed by atoms with Crippen LogP contribution in [0.25, 0.3) is 0 Å². The van der Waals surface area contributed by atoms with Crippen molar-refractivity contribution in [1.29, 1.82) is 0 Å². The maximum Gasteiger partial charge on any atom is 0.247 e. The first-order valence-electron chi connectivity index (χ1n) is 18.1. The maximum atomic E-state index is 14.4. The number of nitrogens with zero attached hydrogens (tertiary/aromatic N) is 1. The fourth-order valence-electron chi connectivity index (χ4n) is 7.43. The zero-order valence-electron chi connectivity index (χ0n) is 30.2. The van der Waals surface area contributed by atoms with Crippen molar-refractivity contribution < 1.29 is 24.0 Å². The van der Waals surface area contributed by atoms with Crippen LogP contribution in [0.15, 0.2) is 60.7 Å². The van der Waals surface area contributed by atoms with E-state index in [0.717, 1.165) is 5.75 Å². The van der Waals surface area contributed by atoms with Gasteiger partial charge in [-0.15, -0.1) is 11.8 Å². The van der Waals surface area contributed by atoms with Crippen molar-refractivity contribution in [1.82, 2.24) is 36.8 Å². The molecule has 0 aromatic heterocycles. The highest BCUT2D eigenvalue weighted by Crippen LogP contribution is 2.46. The van der Waals surface area contributed by atoms with Crippen molar-refractivity contribution in [3.05, 3.63) is 71.8 Å². The van der Waals surface area contributed by atoms with Crippen LogP contribution in [0.4, 0.5) is 0 Å². The number of nitrogens with one attached hydrogen (secondary N) is 6. The van der Waals surface area contributed by atoms with E-state index in [1.54, 1.807) is 28.8 Å². The smallest absolute Gasteiger partial charge is 0.247 e. The molecular formula is C38H51N7O5S2. The van der Waals surface area contributed by atoms with Crippen molar-refractivity contribution in [3.8, 4) is 0 Å². The molecule has 14 heteroatoms. The average Bonchev–Trinajstić information content (AvgIpc) is 3.34. The van der Waals surface area contributed by atoms with Gasteiger partial charge in [-0.05, 0) is 74.8 Å². The second-order valence-electron chi connectivity index (χ2n) is 14.6. The van der Waals surface area contributed by atoms with Crippen LogP contribution in [0, 0.1) is 5.41 Å². The number of likely N-dealkylation sites (N-methyl/N-ethyl adjacent to an activating group) is 1. The van der Waals surface area contributed by atoms with Gasteiger partial charge in [0.25, 0.3) is 0 Å². The van der Waals surface area contributed by atoms with E-state index in [2.05, 4.69) is 31.9 Å². The standard InChI is InChI=1S/C38H51N7O5S2/c1-23(39-4)36(51)43-28-19-20-52-29-21-38(2,3)32(45(29)37(28)50)35(49)44-31(25-13-9-6-10-14-25)34(48)42-27-17-15-26(16-18-27)41-33(47)30(40-22-46)24-11-7-5-8-12-24/h5-14,22-23,26-32,39H,15-21H2,1-4H3,(H,40,46)(H,41,47)(H,42,48)(H,43,51)(H,44,49)/t23-,26-,27-,28-,29?,30-,31+,32+/m0/s1. The fraction of sp³-hybridized carbons (Fsp3) is 0.526. The summed E-state index contributed by atoms with van der Waals surface area (Å²) in [6.45, 7) is 5.93. The molecule has 0 bridgehead atoms. The van der Waals surface area contributed by atoms with E-state index in [1.807, 2.05) is 76.3 Å². The summed E-state index contributed by atoms with van der Waals surface area (Å²) in [5.74, 6) is -0.404. The maximum absolute atomic E-state index is 14.4. The number of fused-ring (bicyclic) bond motifs is 1. The summed E-state index contributed by atoms with van der Waals surface area (Å²) in [6.07, 6.45) is 4.29. The van der Waals surface area contributed by atoms with E-state index in [1.165, 1.54) is 0 Å². The highest BCUT2D eigenvalue weighted by molar-refractivity contribution is 7.99. The van der Waals surface area contributed by atoms with Crippen molar-refractivity contribution in [2.24, 2.45) is 5.41 Å². The lowest BCUT2D eigenvalue weighted by molar-refractivity contribution is -0.143. The fourth-order valence-corrected chi connectivity index (χ4v) is 9.27. The SMILES string of the molecule is CN[C@@H](C)C(=S)N[C@H]1CCSC2CC(C)(C)[C@@H](C(=O)N[C@@H](C(=O)N[C@H]3CC[C@H](NC(=O)[C@@H](NC=O)c4ccccc4)CC3)c3ccccc3)N2C1=O. The van der Waals surface area contributed by atoms with Gasteiger partial charge in [-0.25, -0.2) is 0 Å². The predicted octanol–water partition coefficient (Wildman–Crippen LogP) is 2.86. The first-order chi connectivity index (χ1) is 24.9. The Balaban J connectivity index is 1.25. The molecule has 280 valence electrons. The second-order valence-corrected chi connectivity index (χ2v) is 16.3. The first-order valence-corrected chi connectivity index (χ1v) is 19.5. The molecule has 5 rings (SSSR count). The molecular weight excluding hydrogens is 699 g/mol. The van der Waals surface area contributed by atoms with Gasteiger partial charge in [-0.2, -0.15) is 0 Å². The number of benzene rings is 2. The Morgan fingerprint density at radius 2 is 1.40 bits per heavy atom. The number of thiocarbonyl (C=S) groups is 1. The van der Waals surface area contributed by atoms with Crippen molar-refractivity contribution in [2.75, 3.05) is 12.8 Å². The minimum Gasteiger partial charge on any atom is -0.367 e. The number of rotatable bonds is 13. The molecule has 6 N–H and O–H groups in total. The minimum absolute atomic E-state index is 0.111. The van der Waals surface area contributed by atoms with Crippen LogP contribution in [0.1, 0.15) is 82.5 Å². The Hall–Kier alpha value is -4.01.